The zero-order valence-electron chi connectivity index (χ0n) is 17.1. The van der Waals surface area contributed by atoms with E-state index in [2.05, 4.69) is 41.4 Å². The molecule has 0 aliphatic carbocycles. The van der Waals surface area contributed by atoms with Crippen LogP contribution in [0.25, 0.3) is 0 Å². The van der Waals surface area contributed by atoms with Gasteiger partial charge in [0.15, 0.2) is 23.1 Å². The number of aromatic nitrogens is 5. The van der Waals surface area contributed by atoms with Gasteiger partial charge in [0.2, 0.25) is 0 Å². The fourth-order valence-corrected chi connectivity index (χ4v) is 3.47. The van der Waals surface area contributed by atoms with Gasteiger partial charge in [0.25, 0.3) is 0 Å². The van der Waals surface area contributed by atoms with E-state index in [1.807, 2.05) is 26.8 Å². The van der Waals surface area contributed by atoms with Gasteiger partial charge in [0.05, 0.1) is 18.1 Å². The van der Waals surface area contributed by atoms with E-state index in [4.69, 9.17) is 5.26 Å². The quantitative estimate of drug-likeness (QED) is 0.707. The van der Waals surface area contributed by atoms with E-state index in [-0.39, 0.29) is 5.82 Å². The maximum atomic E-state index is 14.1. The van der Waals surface area contributed by atoms with Crippen LogP contribution in [-0.4, -0.2) is 31.7 Å². The van der Waals surface area contributed by atoms with Crippen molar-refractivity contribution < 1.29 is 4.39 Å². The number of aryl methyl sites for hydroxylation is 1. The Balaban J connectivity index is 1.60. The zero-order chi connectivity index (χ0) is 21.3. The number of rotatable bonds is 4. The van der Waals surface area contributed by atoms with Gasteiger partial charge >= 0.3 is 0 Å². The van der Waals surface area contributed by atoms with Gasteiger partial charge in [-0.1, -0.05) is 6.92 Å². The first-order valence-electron chi connectivity index (χ1n) is 9.75. The summed E-state index contributed by atoms with van der Waals surface area (Å²) in [6, 6.07) is 4.03. The maximum Gasteiger partial charge on any atom is 0.184 e. The lowest BCUT2D eigenvalue weighted by Gasteiger charge is -2.30. The number of fused-ring (bicyclic) bond motifs is 1. The molecule has 9 heteroatoms. The number of halogens is 1. The molecule has 30 heavy (non-hydrogen) atoms. The Kier molecular flexibility index (Phi) is 5.23. The van der Waals surface area contributed by atoms with E-state index in [9.17, 15) is 4.39 Å². The largest absolute Gasteiger partial charge is 0.350 e. The summed E-state index contributed by atoms with van der Waals surface area (Å²) in [5.41, 5.74) is 4.83. The molecule has 0 bridgehead atoms. The van der Waals surface area contributed by atoms with E-state index in [1.165, 1.54) is 6.20 Å². The van der Waals surface area contributed by atoms with Crippen LogP contribution in [0.5, 0.6) is 0 Å². The van der Waals surface area contributed by atoms with Gasteiger partial charge < -0.3 is 10.2 Å². The van der Waals surface area contributed by atoms with Gasteiger partial charge in [-0.3, -0.25) is 4.98 Å². The van der Waals surface area contributed by atoms with E-state index in [0.29, 0.717) is 30.2 Å². The Morgan fingerprint density at radius 3 is 2.80 bits per heavy atom. The smallest absolute Gasteiger partial charge is 0.184 e. The second-order valence-electron chi connectivity index (χ2n) is 7.20. The van der Waals surface area contributed by atoms with Crippen molar-refractivity contribution >= 4 is 17.3 Å². The molecule has 0 atom stereocenters. The second kappa shape index (κ2) is 7.99. The predicted molar refractivity (Wildman–Crippen MR) is 110 cm³/mol. The summed E-state index contributed by atoms with van der Waals surface area (Å²) in [5, 5.41) is 20.5. The Morgan fingerprint density at radius 1 is 1.20 bits per heavy atom. The standard InChI is InChI=1S/C21H21FN8/c1-4-19-25-10-16(22)20(27-19)26-15-7-14-11-30(6-5-17(14)24-9-15)21-13(3)12(2)18(8-23)28-29-21/h7,9-10H,4-6,11H2,1-3H3,(H,25,26,27). The normalized spacial score (nSPS) is 13.0. The number of hydrogen-bond acceptors (Lipinski definition) is 8. The summed E-state index contributed by atoms with van der Waals surface area (Å²) in [7, 11) is 0. The van der Waals surface area contributed by atoms with Crippen molar-refractivity contribution in [2.75, 3.05) is 16.8 Å². The van der Waals surface area contributed by atoms with Crippen molar-refractivity contribution in [3.05, 3.63) is 58.2 Å². The van der Waals surface area contributed by atoms with Gasteiger partial charge in [0.1, 0.15) is 11.9 Å². The Morgan fingerprint density at radius 2 is 2.03 bits per heavy atom. The number of nitrogens with one attached hydrogen (secondary N) is 1. The van der Waals surface area contributed by atoms with Gasteiger partial charge in [-0.05, 0) is 36.6 Å². The molecule has 0 spiro atoms. The summed E-state index contributed by atoms with van der Waals surface area (Å²) in [5.74, 6) is 0.970. The Bertz CT molecular complexity index is 1150. The monoisotopic (exact) mass is 404 g/mol. The number of nitrogens with zero attached hydrogens (tertiary/aromatic N) is 7. The number of hydrogen-bond donors (Lipinski definition) is 1. The highest BCUT2D eigenvalue weighted by Crippen LogP contribution is 2.28. The highest BCUT2D eigenvalue weighted by molar-refractivity contribution is 5.59. The van der Waals surface area contributed by atoms with Crippen molar-refractivity contribution in [1.29, 1.82) is 5.26 Å². The van der Waals surface area contributed by atoms with E-state index < -0.39 is 5.82 Å². The van der Waals surface area contributed by atoms with Crippen LogP contribution in [0.3, 0.4) is 0 Å². The lowest BCUT2D eigenvalue weighted by molar-refractivity contribution is 0.614. The lowest BCUT2D eigenvalue weighted by Crippen LogP contribution is -2.32. The first-order valence-corrected chi connectivity index (χ1v) is 9.75. The van der Waals surface area contributed by atoms with E-state index in [0.717, 1.165) is 41.2 Å². The fraction of sp³-hybridized carbons (Fsp3) is 0.333. The Labute approximate surface area is 173 Å². The third-order valence-corrected chi connectivity index (χ3v) is 5.32. The van der Waals surface area contributed by atoms with Gasteiger partial charge in [-0.15, -0.1) is 10.2 Å². The van der Waals surface area contributed by atoms with Crippen molar-refractivity contribution in [1.82, 2.24) is 25.1 Å². The lowest BCUT2D eigenvalue weighted by atomic mass is 10.0. The number of anilines is 3. The molecule has 4 heterocycles. The molecule has 1 aliphatic heterocycles. The number of nitriles is 1. The second-order valence-corrected chi connectivity index (χ2v) is 7.20. The topological polar surface area (TPSA) is 104 Å². The van der Waals surface area contributed by atoms with Crippen LogP contribution < -0.4 is 10.2 Å². The molecular weight excluding hydrogens is 383 g/mol. The highest BCUT2D eigenvalue weighted by Gasteiger charge is 2.22. The highest BCUT2D eigenvalue weighted by atomic mass is 19.1. The van der Waals surface area contributed by atoms with Crippen LogP contribution in [0.2, 0.25) is 0 Å². The first kappa shape index (κ1) is 19.6. The predicted octanol–water partition coefficient (Wildman–Crippen LogP) is 3.16. The summed E-state index contributed by atoms with van der Waals surface area (Å²) in [6.07, 6.45) is 4.25. The van der Waals surface area contributed by atoms with Crippen molar-refractivity contribution in [3.63, 3.8) is 0 Å². The zero-order valence-corrected chi connectivity index (χ0v) is 17.1. The minimum absolute atomic E-state index is 0.140. The van der Waals surface area contributed by atoms with Crippen molar-refractivity contribution in [3.8, 4) is 6.07 Å². The average Bonchev–Trinajstić information content (AvgIpc) is 2.76. The molecule has 0 amide bonds. The molecule has 1 N–H and O–H groups in total. The van der Waals surface area contributed by atoms with Crippen LogP contribution in [0.15, 0.2) is 18.5 Å². The summed E-state index contributed by atoms with van der Waals surface area (Å²) in [6.45, 7) is 7.12. The fourth-order valence-electron chi connectivity index (χ4n) is 3.47. The molecule has 0 saturated carbocycles. The molecule has 0 unspecified atom stereocenters. The minimum Gasteiger partial charge on any atom is -0.350 e. The molecule has 3 aromatic heterocycles. The first-order chi connectivity index (χ1) is 14.5. The van der Waals surface area contributed by atoms with Crippen molar-refractivity contribution in [2.24, 2.45) is 0 Å². The van der Waals surface area contributed by atoms with E-state index >= 15 is 0 Å². The third-order valence-electron chi connectivity index (χ3n) is 5.32. The molecule has 152 valence electrons. The molecule has 8 nitrogen and oxygen atoms in total. The molecule has 0 aromatic carbocycles. The molecule has 1 aliphatic rings. The molecule has 3 aromatic rings. The van der Waals surface area contributed by atoms with Crippen LogP contribution in [-0.2, 0) is 19.4 Å². The van der Waals surface area contributed by atoms with Gasteiger partial charge in [0, 0.05) is 31.6 Å². The SMILES string of the molecule is CCc1ncc(F)c(Nc2cnc3c(c2)CN(c2nnc(C#N)c(C)c2C)CC3)n1. The van der Waals surface area contributed by atoms with Crippen molar-refractivity contribution in [2.45, 2.75) is 40.2 Å². The van der Waals surface area contributed by atoms with Crippen LogP contribution in [0.4, 0.5) is 21.7 Å². The van der Waals surface area contributed by atoms with Crippen LogP contribution in [0, 0.1) is 31.0 Å². The molecule has 0 radical (unpaired) electrons. The van der Waals surface area contributed by atoms with E-state index in [1.54, 1.807) is 6.20 Å². The van der Waals surface area contributed by atoms with Crippen LogP contribution in [0.1, 0.15) is 40.8 Å². The van der Waals surface area contributed by atoms with Crippen LogP contribution >= 0.6 is 0 Å². The maximum absolute atomic E-state index is 14.1. The summed E-state index contributed by atoms with van der Waals surface area (Å²) in [4.78, 5) is 14.9. The molecule has 4 rings (SSSR count). The average molecular weight is 404 g/mol. The third kappa shape index (κ3) is 3.64. The van der Waals surface area contributed by atoms with Gasteiger partial charge in [-0.25, -0.2) is 14.4 Å². The van der Waals surface area contributed by atoms with Gasteiger partial charge in [-0.2, -0.15) is 5.26 Å². The Hall–Kier alpha value is -3.67. The summed E-state index contributed by atoms with van der Waals surface area (Å²) < 4.78 is 14.1. The summed E-state index contributed by atoms with van der Waals surface area (Å²) >= 11 is 0. The molecule has 0 fully saturated rings. The molecular formula is C21H21FN8. The minimum atomic E-state index is -0.509. The number of pyridine rings is 1. The molecule has 0 saturated heterocycles.